The molecular formula is C12H12ClN3O. The Morgan fingerprint density at radius 1 is 1.47 bits per heavy atom. The van der Waals surface area contributed by atoms with Crippen LogP contribution >= 0.6 is 11.6 Å². The van der Waals surface area contributed by atoms with Crippen LogP contribution in [-0.2, 0) is 17.9 Å². The molecule has 1 heterocycles. The molecule has 1 N–H and O–H groups in total. The van der Waals surface area contributed by atoms with Crippen molar-refractivity contribution in [2.75, 3.05) is 0 Å². The van der Waals surface area contributed by atoms with Crippen molar-refractivity contribution >= 4 is 17.5 Å². The maximum absolute atomic E-state index is 11.6. The van der Waals surface area contributed by atoms with Crippen LogP contribution < -0.4 is 5.32 Å². The van der Waals surface area contributed by atoms with Gasteiger partial charge in [-0.1, -0.05) is 23.7 Å². The van der Waals surface area contributed by atoms with Crippen LogP contribution in [0.5, 0.6) is 0 Å². The number of benzene rings is 1. The molecule has 17 heavy (non-hydrogen) atoms. The molecule has 0 atom stereocenters. The van der Waals surface area contributed by atoms with Crippen LogP contribution in [0.1, 0.15) is 5.56 Å². The Kier molecular flexibility index (Phi) is 3.77. The Labute approximate surface area is 104 Å². The fourth-order valence-electron chi connectivity index (χ4n) is 1.45. The zero-order chi connectivity index (χ0) is 12.1. The highest BCUT2D eigenvalue weighted by Crippen LogP contribution is 2.10. The first kappa shape index (κ1) is 11.7. The van der Waals surface area contributed by atoms with Gasteiger partial charge in [-0.15, -0.1) is 0 Å². The third-order valence-electron chi connectivity index (χ3n) is 2.26. The van der Waals surface area contributed by atoms with E-state index in [1.165, 1.54) is 0 Å². The topological polar surface area (TPSA) is 46.9 Å². The molecule has 0 unspecified atom stereocenters. The number of hydrogen-bond acceptors (Lipinski definition) is 2. The number of carbonyl (C=O) groups is 1. The second-order valence-corrected chi connectivity index (χ2v) is 4.08. The smallest absolute Gasteiger partial charge is 0.240 e. The monoisotopic (exact) mass is 249 g/mol. The molecular weight excluding hydrogens is 238 g/mol. The lowest BCUT2D eigenvalue weighted by Crippen LogP contribution is -2.26. The van der Waals surface area contributed by atoms with E-state index in [1.807, 2.05) is 18.2 Å². The largest absolute Gasteiger partial charge is 0.350 e. The Hall–Kier alpha value is -1.81. The van der Waals surface area contributed by atoms with Gasteiger partial charge in [-0.2, -0.15) is 0 Å². The van der Waals surface area contributed by atoms with Crippen molar-refractivity contribution in [1.29, 1.82) is 0 Å². The highest BCUT2D eigenvalue weighted by molar-refractivity contribution is 6.30. The van der Waals surface area contributed by atoms with Gasteiger partial charge in [0.05, 0.1) is 6.33 Å². The van der Waals surface area contributed by atoms with E-state index in [9.17, 15) is 4.79 Å². The summed E-state index contributed by atoms with van der Waals surface area (Å²) in [5.41, 5.74) is 0.983. The van der Waals surface area contributed by atoms with Gasteiger partial charge in [0.1, 0.15) is 6.54 Å². The van der Waals surface area contributed by atoms with E-state index in [1.54, 1.807) is 29.4 Å². The summed E-state index contributed by atoms with van der Waals surface area (Å²) in [6, 6.07) is 7.42. The zero-order valence-corrected chi connectivity index (χ0v) is 9.89. The van der Waals surface area contributed by atoms with E-state index in [0.29, 0.717) is 11.6 Å². The van der Waals surface area contributed by atoms with Gasteiger partial charge < -0.3 is 9.88 Å². The summed E-state index contributed by atoms with van der Waals surface area (Å²) in [4.78, 5) is 15.4. The van der Waals surface area contributed by atoms with Crippen molar-refractivity contribution in [1.82, 2.24) is 14.9 Å². The lowest BCUT2D eigenvalue weighted by atomic mass is 10.2. The van der Waals surface area contributed by atoms with E-state index in [4.69, 9.17) is 11.6 Å². The van der Waals surface area contributed by atoms with Gasteiger partial charge in [-0.25, -0.2) is 4.98 Å². The summed E-state index contributed by atoms with van der Waals surface area (Å²) in [5, 5.41) is 3.49. The minimum absolute atomic E-state index is 0.0528. The molecule has 88 valence electrons. The van der Waals surface area contributed by atoms with Gasteiger partial charge in [-0.3, -0.25) is 4.79 Å². The van der Waals surface area contributed by atoms with Crippen molar-refractivity contribution in [3.05, 3.63) is 53.6 Å². The predicted molar refractivity (Wildman–Crippen MR) is 65.5 cm³/mol. The predicted octanol–water partition coefficient (Wildman–Crippen LogP) is 1.85. The number of aromatic nitrogens is 2. The minimum Gasteiger partial charge on any atom is -0.350 e. The summed E-state index contributed by atoms with van der Waals surface area (Å²) >= 11 is 5.85. The first-order valence-corrected chi connectivity index (χ1v) is 5.59. The van der Waals surface area contributed by atoms with Crippen LogP contribution in [0.2, 0.25) is 5.02 Å². The second-order valence-electron chi connectivity index (χ2n) is 3.64. The number of imidazole rings is 1. The van der Waals surface area contributed by atoms with E-state index < -0.39 is 0 Å². The minimum atomic E-state index is -0.0528. The van der Waals surface area contributed by atoms with Gasteiger partial charge in [0.15, 0.2) is 0 Å². The molecule has 0 aliphatic carbocycles. The molecule has 0 fully saturated rings. The molecule has 0 radical (unpaired) electrons. The third kappa shape index (κ3) is 3.60. The normalized spacial score (nSPS) is 10.2. The number of nitrogens with zero attached hydrogens (tertiary/aromatic N) is 2. The highest BCUT2D eigenvalue weighted by Gasteiger charge is 2.02. The number of amides is 1. The molecule has 1 amide bonds. The number of carbonyl (C=O) groups excluding carboxylic acids is 1. The van der Waals surface area contributed by atoms with Crippen LogP contribution in [0.4, 0.5) is 0 Å². The van der Waals surface area contributed by atoms with Crippen molar-refractivity contribution in [3.63, 3.8) is 0 Å². The van der Waals surface area contributed by atoms with Crippen molar-refractivity contribution in [2.45, 2.75) is 13.1 Å². The van der Waals surface area contributed by atoms with E-state index in [-0.39, 0.29) is 12.5 Å². The van der Waals surface area contributed by atoms with E-state index in [0.717, 1.165) is 5.56 Å². The standard InChI is InChI=1S/C12H12ClN3O/c13-11-3-1-2-10(6-11)7-15-12(17)8-16-5-4-14-9-16/h1-6,9H,7-8H2,(H,15,17). The average molecular weight is 250 g/mol. The van der Waals surface area contributed by atoms with Crippen LogP contribution in [0.15, 0.2) is 43.0 Å². The first-order chi connectivity index (χ1) is 8.24. The number of nitrogens with one attached hydrogen (secondary N) is 1. The molecule has 0 saturated heterocycles. The van der Waals surface area contributed by atoms with E-state index in [2.05, 4.69) is 10.3 Å². The van der Waals surface area contributed by atoms with Gasteiger partial charge in [-0.05, 0) is 17.7 Å². The molecule has 2 aromatic rings. The maximum atomic E-state index is 11.6. The summed E-state index contributed by atoms with van der Waals surface area (Å²) in [6.07, 6.45) is 5.00. The molecule has 1 aromatic carbocycles. The van der Waals surface area contributed by atoms with Crippen LogP contribution in [-0.4, -0.2) is 15.5 Å². The fraction of sp³-hybridized carbons (Fsp3) is 0.167. The van der Waals surface area contributed by atoms with Gasteiger partial charge in [0.2, 0.25) is 5.91 Å². The van der Waals surface area contributed by atoms with Crippen molar-refractivity contribution in [3.8, 4) is 0 Å². The molecule has 0 aliphatic rings. The zero-order valence-electron chi connectivity index (χ0n) is 9.14. The number of hydrogen-bond donors (Lipinski definition) is 1. The molecule has 5 heteroatoms. The van der Waals surface area contributed by atoms with Crippen molar-refractivity contribution < 1.29 is 4.79 Å². The average Bonchev–Trinajstić information content (AvgIpc) is 2.79. The van der Waals surface area contributed by atoms with Crippen LogP contribution in [0, 0.1) is 0 Å². The molecule has 1 aromatic heterocycles. The number of halogens is 1. The second kappa shape index (κ2) is 5.50. The lowest BCUT2D eigenvalue weighted by molar-refractivity contribution is -0.121. The fourth-order valence-corrected chi connectivity index (χ4v) is 1.66. The Balaban J connectivity index is 1.84. The van der Waals surface area contributed by atoms with Gasteiger partial charge in [0, 0.05) is 24.0 Å². The first-order valence-electron chi connectivity index (χ1n) is 5.21. The highest BCUT2D eigenvalue weighted by atomic mass is 35.5. The van der Waals surface area contributed by atoms with Crippen molar-refractivity contribution in [2.24, 2.45) is 0 Å². The summed E-state index contributed by atoms with van der Waals surface area (Å²) in [5.74, 6) is -0.0528. The summed E-state index contributed by atoms with van der Waals surface area (Å²) in [7, 11) is 0. The van der Waals surface area contributed by atoms with Gasteiger partial charge >= 0.3 is 0 Å². The number of rotatable bonds is 4. The molecule has 0 aliphatic heterocycles. The summed E-state index contributed by atoms with van der Waals surface area (Å²) < 4.78 is 1.72. The Morgan fingerprint density at radius 3 is 3.06 bits per heavy atom. The Morgan fingerprint density at radius 2 is 2.35 bits per heavy atom. The molecule has 0 bridgehead atoms. The molecule has 4 nitrogen and oxygen atoms in total. The van der Waals surface area contributed by atoms with E-state index >= 15 is 0 Å². The maximum Gasteiger partial charge on any atom is 0.240 e. The molecule has 2 rings (SSSR count). The molecule has 0 spiro atoms. The third-order valence-corrected chi connectivity index (χ3v) is 2.50. The summed E-state index contributed by atoms with van der Waals surface area (Å²) in [6.45, 7) is 0.759. The Bertz CT molecular complexity index is 496. The van der Waals surface area contributed by atoms with Crippen LogP contribution in [0.25, 0.3) is 0 Å². The quantitative estimate of drug-likeness (QED) is 0.899. The molecule has 0 saturated carbocycles. The lowest BCUT2D eigenvalue weighted by Gasteiger charge is -2.06. The SMILES string of the molecule is O=C(Cn1ccnc1)NCc1cccc(Cl)c1. The van der Waals surface area contributed by atoms with Gasteiger partial charge in [0.25, 0.3) is 0 Å². The van der Waals surface area contributed by atoms with Crippen LogP contribution in [0.3, 0.4) is 0 Å².